The number of hydrogen-bond acceptors (Lipinski definition) is 1. The Morgan fingerprint density at radius 1 is 1.28 bits per heavy atom. The number of ether oxygens (including phenoxy) is 1. The van der Waals surface area contributed by atoms with Crippen molar-refractivity contribution in [3.8, 4) is 0 Å². The summed E-state index contributed by atoms with van der Waals surface area (Å²) in [6, 6.07) is 8.55. The Hall–Kier alpha value is -1.50. The summed E-state index contributed by atoms with van der Waals surface area (Å²) >= 11 is 0. The quantitative estimate of drug-likeness (QED) is 0.499. The van der Waals surface area contributed by atoms with Crippen LogP contribution in [0.25, 0.3) is 5.57 Å². The number of hydrogen-bond donors (Lipinski definition) is 0. The van der Waals surface area contributed by atoms with Crippen molar-refractivity contribution in [2.75, 3.05) is 0 Å². The molecule has 1 aromatic rings. The molecule has 0 aromatic heterocycles. The Morgan fingerprint density at radius 3 is 2.89 bits per heavy atom. The highest BCUT2D eigenvalue weighted by Gasteiger charge is 2.18. The van der Waals surface area contributed by atoms with Crippen molar-refractivity contribution in [2.45, 2.75) is 45.6 Å². The number of allylic oxidation sites excluding steroid dienone is 3. The van der Waals surface area contributed by atoms with E-state index >= 15 is 0 Å². The molecule has 1 aliphatic rings. The molecule has 1 aromatic carbocycles. The standard InChI is InChI=1S/C17H22O/c1-3-5-6-12-17-16(9-4-2)15-11-8-7-10-14(15)13-18-17/h4,7-8,10-11H,2-3,5-6,9,12-13H2,1H3. The van der Waals surface area contributed by atoms with Crippen molar-refractivity contribution in [1.82, 2.24) is 0 Å². The van der Waals surface area contributed by atoms with E-state index in [1.165, 1.54) is 41.7 Å². The van der Waals surface area contributed by atoms with Crippen molar-refractivity contribution in [2.24, 2.45) is 0 Å². The fourth-order valence-corrected chi connectivity index (χ4v) is 2.47. The van der Waals surface area contributed by atoms with Crippen LogP contribution in [0.3, 0.4) is 0 Å². The average molecular weight is 242 g/mol. The van der Waals surface area contributed by atoms with Gasteiger partial charge in [0, 0.05) is 12.0 Å². The molecule has 0 amide bonds. The van der Waals surface area contributed by atoms with Crippen molar-refractivity contribution in [3.63, 3.8) is 0 Å². The smallest absolute Gasteiger partial charge is 0.113 e. The van der Waals surface area contributed by atoms with E-state index in [0.717, 1.165) is 19.4 Å². The lowest BCUT2D eigenvalue weighted by atomic mass is 9.93. The molecular weight excluding hydrogens is 220 g/mol. The molecule has 1 heteroatoms. The van der Waals surface area contributed by atoms with Crippen LogP contribution in [0.1, 0.15) is 50.2 Å². The second-order valence-electron chi connectivity index (χ2n) is 4.80. The predicted molar refractivity (Wildman–Crippen MR) is 77.1 cm³/mol. The lowest BCUT2D eigenvalue weighted by Crippen LogP contribution is -2.07. The number of benzene rings is 1. The van der Waals surface area contributed by atoms with Gasteiger partial charge >= 0.3 is 0 Å². The van der Waals surface area contributed by atoms with E-state index in [9.17, 15) is 0 Å². The minimum Gasteiger partial charge on any atom is -0.493 e. The molecule has 0 saturated carbocycles. The van der Waals surface area contributed by atoms with E-state index in [4.69, 9.17) is 4.74 Å². The minimum absolute atomic E-state index is 0.721. The molecule has 0 N–H and O–H groups in total. The zero-order valence-electron chi connectivity index (χ0n) is 11.2. The SMILES string of the molecule is C=CCC1=C(CCCCC)OCc2ccccc21. The van der Waals surface area contributed by atoms with Crippen molar-refractivity contribution in [3.05, 3.63) is 53.8 Å². The molecule has 0 spiro atoms. The summed E-state index contributed by atoms with van der Waals surface area (Å²) in [6.45, 7) is 6.82. The van der Waals surface area contributed by atoms with Gasteiger partial charge in [0.05, 0.1) is 0 Å². The van der Waals surface area contributed by atoms with Crippen LogP contribution in [0.5, 0.6) is 0 Å². The molecule has 1 nitrogen and oxygen atoms in total. The Bertz CT molecular complexity index is 443. The summed E-state index contributed by atoms with van der Waals surface area (Å²) in [6.07, 6.45) is 7.68. The van der Waals surface area contributed by atoms with Gasteiger partial charge in [-0.05, 0) is 24.0 Å². The Balaban J connectivity index is 2.25. The Kier molecular flexibility index (Phi) is 4.63. The zero-order chi connectivity index (χ0) is 12.8. The molecule has 0 radical (unpaired) electrons. The van der Waals surface area contributed by atoms with Gasteiger partial charge in [0.15, 0.2) is 0 Å². The molecule has 96 valence electrons. The first-order valence-corrected chi connectivity index (χ1v) is 6.90. The Labute approximate surface area is 110 Å². The van der Waals surface area contributed by atoms with Crippen LogP contribution in [-0.2, 0) is 11.3 Å². The molecule has 0 saturated heterocycles. The van der Waals surface area contributed by atoms with E-state index in [-0.39, 0.29) is 0 Å². The van der Waals surface area contributed by atoms with Crippen molar-refractivity contribution in [1.29, 1.82) is 0 Å². The van der Waals surface area contributed by atoms with Gasteiger partial charge in [-0.3, -0.25) is 0 Å². The van der Waals surface area contributed by atoms with Gasteiger partial charge in [0.1, 0.15) is 12.4 Å². The first-order chi connectivity index (χ1) is 8.86. The van der Waals surface area contributed by atoms with Gasteiger partial charge in [-0.25, -0.2) is 0 Å². The molecule has 1 aliphatic heterocycles. The summed E-state index contributed by atoms with van der Waals surface area (Å²) in [4.78, 5) is 0. The maximum absolute atomic E-state index is 5.95. The van der Waals surface area contributed by atoms with Gasteiger partial charge < -0.3 is 4.74 Å². The number of fused-ring (bicyclic) bond motifs is 1. The molecule has 1 heterocycles. The predicted octanol–water partition coefficient (Wildman–Crippen LogP) is 5.08. The number of unbranched alkanes of at least 4 members (excludes halogenated alkanes) is 2. The highest BCUT2D eigenvalue weighted by atomic mass is 16.5. The van der Waals surface area contributed by atoms with E-state index < -0.39 is 0 Å². The van der Waals surface area contributed by atoms with Gasteiger partial charge in [-0.2, -0.15) is 0 Å². The largest absolute Gasteiger partial charge is 0.493 e. The first kappa shape index (κ1) is 12.9. The molecule has 0 fully saturated rings. The second-order valence-corrected chi connectivity index (χ2v) is 4.80. The van der Waals surface area contributed by atoms with E-state index in [1.54, 1.807) is 0 Å². The summed E-state index contributed by atoms with van der Waals surface area (Å²) in [5, 5.41) is 0. The second kappa shape index (κ2) is 6.44. The molecule has 2 rings (SSSR count). The van der Waals surface area contributed by atoms with Gasteiger partial charge in [0.25, 0.3) is 0 Å². The van der Waals surface area contributed by atoms with Gasteiger partial charge in [-0.1, -0.05) is 50.1 Å². The van der Waals surface area contributed by atoms with Crippen LogP contribution in [0.2, 0.25) is 0 Å². The molecular formula is C17H22O. The first-order valence-electron chi connectivity index (χ1n) is 6.90. The summed E-state index contributed by atoms with van der Waals surface area (Å²) < 4.78 is 5.95. The Morgan fingerprint density at radius 2 is 2.11 bits per heavy atom. The van der Waals surface area contributed by atoms with Crippen LogP contribution >= 0.6 is 0 Å². The average Bonchev–Trinajstić information content (AvgIpc) is 2.41. The van der Waals surface area contributed by atoms with Crippen LogP contribution < -0.4 is 0 Å². The summed E-state index contributed by atoms with van der Waals surface area (Å²) in [7, 11) is 0. The third-order valence-electron chi connectivity index (χ3n) is 3.44. The van der Waals surface area contributed by atoms with Gasteiger partial charge in [0.2, 0.25) is 0 Å². The molecule has 0 aliphatic carbocycles. The van der Waals surface area contributed by atoms with Crippen molar-refractivity contribution >= 4 is 5.57 Å². The van der Waals surface area contributed by atoms with Gasteiger partial charge in [-0.15, -0.1) is 6.58 Å². The van der Waals surface area contributed by atoms with Crippen LogP contribution in [-0.4, -0.2) is 0 Å². The van der Waals surface area contributed by atoms with Crippen LogP contribution in [0.15, 0.2) is 42.7 Å². The minimum atomic E-state index is 0.721. The summed E-state index contributed by atoms with van der Waals surface area (Å²) in [5.74, 6) is 1.18. The fourth-order valence-electron chi connectivity index (χ4n) is 2.47. The summed E-state index contributed by atoms with van der Waals surface area (Å²) in [5.41, 5.74) is 3.99. The van der Waals surface area contributed by atoms with Crippen LogP contribution in [0.4, 0.5) is 0 Å². The maximum Gasteiger partial charge on any atom is 0.113 e. The maximum atomic E-state index is 5.95. The zero-order valence-corrected chi connectivity index (χ0v) is 11.2. The monoisotopic (exact) mass is 242 g/mol. The van der Waals surface area contributed by atoms with E-state index in [0.29, 0.717) is 0 Å². The third-order valence-corrected chi connectivity index (χ3v) is 3.44. The molecule has 18 heavy (non-hydrogen) atoms. The highest BCUT2D eigenvalue weighted by molar-refractivity contribution is 5.72. The molecule has 0 atom stereocenters. The number of rotatable bonds is 6. The molecule has 0 bridgehead atoms. The highest BCUT2D eigenvalue weighted by Crippen LogP contribution is 2.34. The van der Waals surface area contributed by atoms with Crippen LogP contribution in [0, 0.1) is 0 Å². The van der Waals surface area contributed by atoms with Crippen molar-refractivity contribution < 1.29 is 4.74 Å². The fraction of sp³-hybridized carbons (Fsp3) is 0.412. The lowest BCUT2D eigenvalue weighted by Gasteiger charge is -2.24. The normalized spacial score (nSPS) is 14.1. The third kappa shape index (κ3) is 2.84. The van der Waals surface area contributed by atoms with E-state index in [1.807, 2.05) is 6.08 Å². The van der Waals surface area contributed by atoms with E-state index in [2.05, 4.69) is 37.8 Å². The molecule has 0 unspecified atom stereocenters. The lowest BCUT2D eigenvalue weighted by molar-refractivity contribution is 0.183. The topological polar surface area (TPSA) is 9.23 Å².